The van der Waals surface area contributed by atoms with Crippen LogP contribution in [0.15, 0.2) is 18.2 Å². The highest BCUT2D eigenvalue weighted by molar-refractivity contribution is 5.36. The molecule has 0 heteroatoms. The van der Waals surface area contributed by atoms with Gasteiger partial charge in [-0.3, -0.25) is 0 Å². The molecule has 0 heterocycles. The quantitative estimate of drug-likeness (QED) is 0.486. The highest BCUT2D eigenvalue weighted by atomic mass is 14.1. The van der Waals surface area contributed by atoms with Gasteiger partial charge in [-0.1, -0.05) is 18.2 Å². The molecule has 1 aromatic rings. The minimum Gasteiger partial charge on any atom is -0.0581 e. The maximum absolute atomic E-state index is 3.06. The van der Waals surface area contributed by atoms with E-state index >= 15 is 0 Å². The van der Waals surface area contributed by atoms with E-state index in [0.29, 0.717) is 0 Å². The van der Waals surface area contributed by atoms with Gasteiger partial charge >= 0.3 is 0 Å². The summed E-state index contributed by atoms with van der Waals surface area (Å²) in [5, 5.41) is 0. The molecule has 0 amide bonds. The van der Waals surface area contributed by atoms with Crippen LogP contribution in [-0.4, -0.2) is 0 Å². The highest BCUT2D eigenvalue weighted by Crippen LogP contribution is 2.21. The van der Waals surface area contributed by atoms with E-state index in [1.54, 1.807) is 0 Å². The minimum atomic E-state index is 1.22. The molecule has 0 aromatic heterocycles. The van der Waals surface area contributed by atoms with E-state index in [1.807, 2.05) is 6.07 Å². The van der Waals surface area contributed by atoms with Crippen LogP contribution in [-0.2, 0) is 6.42 Å². The third-order valence-corrected chi connectivity index (χ3v) is 1.77. The van der Waals surface area contributed by atoms with Gasteiger partial charge in [0.25, 0.3) is 0 Å². The van der Waals surface area contributed by atoms with E-state index < -0.39 is 0 Å². The Hall–Kier alpha value is -0.780. The minimum absolute atomic E-state index is 1.22. The molecule has 0 unspecified atom stereocenters. The molecule has 1 aliphatic rings. The Morgan fingerprint density at radius 2 is 2.44 bits per heavy atom. The Morgan fingerprint density at radius 3 is 3.33 bits per heavy atom. The van der Waals surface area contributed by atoms with Crippen LogP contribution in [0.25, 0.3) is 0 Å². The van der Waals surface area contributed by atoms with Crippen LogP contribution < -0.4 is 0 Å². The average Bonchev–Trinajstić information content (AvgIpc) is 2.33. The lowest BCUT2D eigenvalue weighted by atomic mass is 10.1. The zero-order chi connectivity index (χ0) is 6.10. The molecule has 0 N–H and O–H groups in total. The van der Waals surface area contributed by atoms with Crippen LogP contribution in [0, 0.1) is 12.5 Å². The summed E-state index contributed by atoms with van der Waals surface area (Å²) in [6.07, 6.45) is 4.71. The van der Waals surface area contributed by atoms with Crippen molar-refractivity contribution in [2.24, 2.45) is 0 Å². The molecule has 0 bridgehead atoms. The van der Waals surface area contributed by atoms with Gasteiger partial charge in [-0.25, -0.2) is 0 Å². The van der Waals surface area contributed by atoms with Crippen LogP contribution in [0.5, 0.6) is 0 Å². The summed E-state index contributed by atoms with van der Waals surface area (Å²) in [4.78, 5) is 0. The van der Waals surface area contributed by atoms with Crippen LogP contribution in [0.1, 0.15) is 17.5 Å². The summed E-state index contributed by atoms with van der Waals surface area (Å²) >= 11 is 0. The van der Waals surface area contributed by atoms with Gasteiger partial charge in [0.15, 0.2) is 0 Å². The highest BCUT2D eigenvalue weighted by Gasteiger charge is 2.07. The number of rotatable bonds is 0. The fourth-order valence-corrected chi connectivity index (χ4v) is 1.28. The van der Waals surface area contributed by atoms with Gasteiger partial charge in [0.2, 0.25) is 0 Å². The van der Waals surface area contributed by atoms with E-state index in [9.17, 15) is 0 Å². The van der Waals surface area contributed by atoms with Gasteiger partial charge in [0.05, 0.1) is 0 Å². The number of aryl methyl sites for hydroxylation is 1. The lowest BCUT2D eigenvalue weighted by molar-refractivity contribution is 1.03. The predicted octanol–water partition coefficient (Wildman–Crippen LogP) is 1.99. The Labute approximate surface area is 55.5 Å². The van der Waals surface area contributed by atoms with Crippen LogP contribution in [0.3, 0.4) is 0 Å². The molecule has 0 fully saturated rings. The number of hydrogen-bond donors (Lipinski definition) is 0. The number of hydrogen-bond acceptors (Lipinski definition) is 0. The molecule has 9 heavy (non-hydrogen) atoms. The second-order valence-electron chi connectivity index (χ2n) is 2.37. The molecule has 1 aromatic carbocycles. The van der Waals surface area contributed by atoms with Gasteiger partial charge in [-0.15, -0.1) is 0 Å². The van der Waals surface area contributed by atoms with E-state index in [0.717, 1.165) is 0 Å². The molecule has 0 atom stereocenters. The van der Waals surface area contributed by atoms with E-state index in [-0.39, 0.29) is 0 Å². The second kappa shape index (κ2) is 1.87. The topological polar surface area (TPSA) is 0 Å². The maximum Gasteiger partial charge on any atom is -0.00868 e. The third kappa shape index (κ3) is 0.748. The Balaban J connectivity index is 2.54. The molecule has 0 aliphatic heterocycles. The first-order valence-electron chi connectivity index (χ1n) is 3.29. The van der Waals surface area contributed by atoms with E-state index in [4.69, 9.17) is 0 Å². The molecule has 2 rings (SSSR count). The summed E-state index contributed by atoms with van der Waals surface area (Å²) in [5.41, 5.74) is 2.87. The number of fused-ring (bicyclic) bond motifs is 1. The van der Waals surface area contributed by atoms with Gasteiger partial charge in [-0.2, -0.15) is 0 Å². The van der Waals surface area contributed by atoms with Crippen molar-refractivity contribution in [3.63, 3.8) is 0 Å². The van der Waals surface area contributed by atoms with E-state index in [2.05, 4.69) is 24.6 Å². The zero-order valence-electron chi connectivity index (χ0n) is 5.22. The lowest BCUT2D eigenvalue weighted by Crippen LogP contribution is -1.76. The third-order valence-electron chi connectivity index (χ3n) is 1.77. The molecule has 0 spiro atoms. The summed E-state index contributed by atoms with van der Waals surface area (Å²) in [7, 11) is 0. The summed E-state index contributed by atoms with van der Waals surface area (Å²) in [6, 6.07) is 9.26. The first-order valence-corrected chi connectivity index (χ1v) is 3.29. The number of benzene rings is 1. The van der Waals surface area contributed by atoms with Crippen molar-refractivity contribution in [3.05, 3.63) is 41.8 Å². The monoisotopic (exact) mass is 116 g/mol. The summed E-state index contributed by atoms with van der Waals surface area (Å²) in [6.45, 7) is 0. The van der Waals surface area contributed by atoms with Gasteiger partial charge < -0.3 is 0 Å². The van der Waals surface area contributed by atoms with Crippen molar-refractivity contribution >= 4 is 0 Å². The van der Waals surface area contributed by atoms with Crippen molar-refractivity contribution in [2.45, 2.75) is 12.8 Å². The maximum atomic E-state index is 3.06. The van der Waals surface area contributed by atoms with Crippen LogP contribution in [0.4, 0.5) is 0 Å². The fourth-order valence-electron chi connectivity index (χ4n) is 1.28. The molecule has 0 saturated heterocycles. The molecule has 0 saturated carbocycles. The van der Waals surface area contributed by atoms with Gasteiger partial charge in [0, 0.05) is 0 Å². The Bertz CT molecular complexity index is 190. The molecule has 0 nitrogen and oxygen atoms in total. The summed E-state index contributed by atoms with van der Waals surface area (Å²) in [5.74, 6) is 0. The van der Waals surface area contributed by atoms with Crippen molar-refractivity contribution in [2.75, 3.05) is 0 Å². The van der Waals surface area contributed by atoms with Crippen molar-refractivity contribution in [1.82, 2.24) is 0 Å². The lowest BCUT2D eigenvalue weighted by Gasteiger charge is -1.92. The molecular formula is C9H8. The molecular weight excluding hydrogens is 108 g/mol. The first kappa shape index (κ1) is 5.04. The summed E-state index contributed by atoms with van der Waals surface area (Å²) < 4.78 is 0. The smallest absolute Gasteiger partial charge is 0.00868 e. The normalized spacial score (nSPS) is 15.6. The average molecular weight is 116 g/mol. The Morgan fingerprint density at radius 1 is 1.44 bits per heavy atom. The van der Waals surface area contributed by atoms with Crippen LogP contribution in [0.2, 0.25) is 0 Å². The van der Waals surface area contributed by atoms with Crippen molar-refractivity contribution < 1.29 is 0 Å². The molecule has 44 valence electrons. The molecule has 1 aliphatic carbocycles. The largest absolute Gasteiger partial charge is 0.0581 e. The van der Waals surface area contributed by atoms with Crippen molar-refractivity contribution in [1.29, 1.82) is 0 Å². The SMILES string of the molecule is [c]1ccc2c(c1)[CH]CC2. The standard InChI is InChI=1S/C9H8/c1-2-5-9-7-3-6-8(9)4-1/h1,4-5,7H,3,6H2. The predicted molar refractivity (Wildman–Crippen MR) is 37.0 cm³/mol. The van der Waals surface area contributed by atoms with Crippen LogP contribution >= 0.6 is 0 Å². The van der Waals surface area contributed by atoms with Gasteiger partial charge in [0.1, 0.15) is 0 Å². The zero-order valence-corrected chi connectivity index (χ0v) is 5.22. The molecule has 2 radical (unpaired) electrons. The fraction of sp³-hybridized carbons (Fsp3) is 0.222. The van der Waals surface area contributed by atoms with E-state index in [1.165, 1.54) is 24.0 Å². The first-order chi connectivity index (χ1) is 4.47. The second-order valence-corrected chi connectivity index (χ2v) is 2.37. The Kier molecular flexibility index (Phi) is 1.05. The van der Waals surface area contributed by atoms with Crippen molar-refractivity contribution in [3.8, 4) is 0 Å². The van der Waals surface area contributed by atoms with Gasteiger partial charge in [-0.05, 0) is 36.5 Å².